The van der Waals surface area contributed by atoms with Gasteiger partial charge in [0.1, 0.15) is 0 Å². The third-order valence-electron chi connectivity index (χ3n) is 1.87. The van der Waals surface area contributed by atoms with Crippen molar-refractivity contribution in [1.29, 1.82) is 0 Å². The number of benzene rings is 1. The van der Waals surface area contributed by atoms with E-state index in [0.717, 1.165) is 26.4 Å². The van der Waals surface area contributed by atoms with E-state index >= 15 is 0 Å². The highest BCUT2D eigenvalue weighted by atomic mass is 127. The molecule has 0 atom stereocenters. The molecule has 1 aromatic rings. The fraction of sp³-hybridized carbons (Fsp3) is 0.273. The van der Waals surface area contributed by atoms with Gasteiger partial charge in [0.15, 0.2) is 11.5 Å². The van der Waals surface area contributed by atoms with Crippen LogP contribution >= 0.6 is 35.2 Å². The van der Waals surface area contributed by atoms with E-state index in [4.69, 9.17) is 9.47 Å². The van der Waals surface area contributed by atoms with Gasteiger partial charge in [0.25, 0.3) is 0 Å². The largest absolute Gasteiger partial charge is 0.493 e. The molecule has 0 fully saturated rings. The quantitative estimate of drug-likeness (QED) is 0.672. The van der Waals surface area contributed by atoms with E-state index in [1.54, 1.807) is 14.2 Å². The van der Waals surface area contributed by atoms with Gasteiger partial charge in [0.05, 0.1) is 17.8 Å². The van der Waals surface area contributed by atoms with Crippen molar-refractivity contribution in [3.05, 3.63) is 27.3 Å². The van der Waals surface area contributed by atoms with Crippen LogP contribution in [-0.4, -0.2) is 20.0 Å². The third kappa shape index (κ3) is 3.31. The summed E-state index contributed by atoms with van der Waals surface area (Å²) in [5.41, 5.74) is 1.09. The maximum atomic E-state index is 5.25. The van der Waals surface area contributed by atoms with Crippen molar-refractivity contribution in [2.45, 2.75) is 0 Å². The normalized spacial score (nSPS) is 10.7. The van der Waals surface area contributed by atoms with E-state index in [0.29, 0.717) is 0 Å². The van der Waals surface area contributed by atoms with Crippen LogP contribution in [0.2, 0.25) is 0 Å². The van der Waals surface area contributed by atoms with E-state index in [1.165, 1.54) is 0 Å². The van der Waals surface area contributed by atoms with Crippen molar-refractivity contribution in [1.82, 2.24) is 0 Å². The molecular weight excluding hydrogens is 323 g/mol. The summed E-state index contributed by atoms with van der Waals surface area (Å²) in [4.78, 5) is 0. The summed E-state index contributed by atoms with van der Waals surface area (Å²) in [5.74, 6) is 2.26. The van der Waals surface area contributed by atoms with Gasteiger partial charge in [-0.1, -0.05) is 12.2 Å². The second-order valence-electron chi connectivity index (χ2n) is 2.82. The lowest BCUT2D eigenvalue weighted by Crippen LogP contribution is -1.93. The summed E-state index contributed by atoms with van der Waals surface area (Å²) in [5, 5.41) is 0. The third-order valence-corrected chi connectivity index (χ3v) is 2.88. The molecule has 0 saturated carbocycles. The summed E-state index contributed by atoms with van der Waals surface area (Å²) in [6, 6.07) is 3.99. The minimum atomic E-state index is 0.727. The maximum Gasteiger partial charge on any atom is 0.174 e. The molecule has 0 N–H and O–H groups in total. The number of rotatable bonds is 4. The predicted octanol–water partition coefficient (Wildman–Crippen LogP) is 3.25. The SMILES string of the molecule is COc1cc(C=CCS)cc(I)c1OC. The smallest absolute Gasteiger partial charge is 0.174 e. The maximum absolute atomic E-state index is 5.25. The van der Waals surface area contributed by atoms with Crippen LogP contribution in [0.15, 0.2) is 18.2 Å². The summed E-state index contributed by atoms with van der Waals surface area (Å²) in [6.45, 7) is 0. The molecular formula is C11H13IO2S. The van der Waals surface area contributed by atoms with Gasteiger partial charge in [-0.15, -0.1) is 0 Å². The molecule has 1 rings (SSSR count). The molecule has 0 aliphatic carbocycles. The highest BCUT2D eigenvalue weighted by Gasteiger charge is 2.08. The van der Waals surface area contributed by atoms with Gasteiger partial charge in [-0.2, -0.15) is 12.6 Å². The number of halogens is 1. The standard InChI is InChI=1S/C11H13IO2S/c1-13-10-7-8(4-3-5-15)6-9(12)11(10)14-2/h3-4,6-7,15H,5H2,1-2H3. The number of hydrogen-bond donors (Lipinski definition) is 1. The zero-order valence-electron chi connectivity index (χ0n) is 8.66. The second kappa shape index (κ2) is 6.27. The molecule has 0 amide bonds. The van der Waals surface area contributed by atoms with Crippen LogP contribution in [0.5, 0.6) is 11.5 Å². The molecule has 0 radical (unpaired) electrons. The number of methoxy groups -OCH3 is 2. The van der Waals surface area contributed by atoms with Crippen molar-refractivity contribution in [2.75, 3.05) is 20.0 Å². The lowest BCUT2D eigenvalue weighted by Gasteiger charge is -2.10. The Morgan fingerprint density at radius 1 is 1.33 bits per heavy atom. The Morgan fingerprint density at radius 2 is 2.07 bits per heavy atom. The fourth-order valence-electron chi connectivity index (χ4n) is 1.22. The van der Waals surface area contributed by atoms with Gasteiger partial charge in [-0.3, -0.25) is 0 Å². The van der Waals surface area contributed by atoms with E-state index < -0.39 is 0 Å². The number of hydrogen-bond acceptors (Lipinski definition) is 3. The van der Waals surface area contributed by atoms with Gasteiger partial charge in [-0.25, -0.2) is 0 Å². The van der Waals surface area contributed by atoms with Gasteiger partial charge < -0.3 is 9.47 Å². The van der Waals surface area contributed by atoms with Crippen LogP contribution in [0.3, 0.4) is 0 Å². The molecule has 2 nitrogen and oxygen atoms in total. The Balaban J connectivity index is 3.13. The molecule has 1 aromatic carbocycles. The second-order valence-corrected chi connectivity index (χ2v) is 4.35. The van der Waals surface area contributed by atoms with Gasteiger partial charge in [0, 0.05) is 5.75 Å². The minimum Gasteiger partial charge on any atom is -0.493 e. The molecule has 0 saturated heterocycles. The Hall–Kier alpha value is -0.360. The fourth-order valence-corrected chi connectivity index (χ4v) is 2.17. The van der Waals surface area contributed by atoms with Crippen molar-refractivity contribution >= 4 is 41.3 Å². The Kier molecular flexibility index (Phi) is 5.31. The molecule has 4 heteroatoms. The van der Waals surface area contributed by atoms with Crippen molar-refractivity contribution in [2.24, 2.45) is 0 Å². The first-order valence-electron chi connectivity index (χ1n) is 4.41. The van der Waals surface area contributed by atoms with Gasteiger partial charge in [-0.05, 0) is 40.3 Å². The monoisotopic (exact) mass is 336 g/mol. The van der Waals surface area contributed by atoms with Crippen LogP contribution in [0.1, 0.15) is 5.56 Å². The van der Waals surface area contributed by atoms with E-state index in [9.17, 15) is 0 Å². The first kappa shape index (κ1) is 12.7. The molecule has 0 heterocycles. The molecule has 82 valence electrons. The number of thiol groups is 1. The molecule has 0 aromatic heterocycles. The van der Waals surface area contributed by atoms with E-state index in [-0.39, 0.29) is 0 Å². The summed E-state index contributed by atoms with van der Waals surface area (Å²) in [6.07, 6.45) is 4.00. The van der Waals surface area contributed by atoms with E-state index in [2.05, 4.69) is 35.2 Å². The molecule has 0 unspecified atom stereocenters. The van der Waals surface area contributed by atoms with Gasteiger partial charge in [0.2, 0.25) is 0 Å². The van der Waals surface area contributed by atoms with Gasteiger partial charge >= 0.3 is 0 Å². The Labute approximate surface area is 109 Å². The van der Waals surface area contributed by atoms with Crippen LogP contribution < -0.4 is 9.47 Å². The molecule has 0 aliphatic heterocycles. The Bertz CT molecular complexity index is 364. The first-order valence-corrected chi connectivity index (χ1v) is 6.13. The lowest BCUT2D eigenvalue weighted by atomic mass is 10.2. The van der Waals surface area contributed by atoms with Crippen LogP contribution in [-0.2, 0) is 0 Å². The molecule has 15 heavy (non-hydrogen) atoms. The molecule has 0 spiro atoms. The van der Waals surface area contributed by atoms with Crippen LogP contribution in [0, 0.1) is 3.57 Å². The minimum absolute atomic E-state index is 0.727. The van der Waals surface area contributed by atoms with Crippen molar-refractivity contribution in [3.8, 4) is 11.5 Å². The summed E-state index contributed by atoms with van der Waals surface area (Å²) >= 11 is 6.35. The van der Waals surface area contributed by atoms with Crippen molar-refractivity contribution in [3.63, 3.8) is 0 Å². The highest BCUT2D eigenvalue weighted by Crippen LogP contribution is 2.33. The molecule has 0 aliphatic rings. The first-order chi connectivity index (χ1) is 7.22. The van der Waals surface area contributed by atoms with Crippen LogP contribution in [0.4, 0.5) is 0 Å². The van der Waals surface area contributed by atoms with Crippen molar-refractivity contribution < 1.29 is 9.47 Å². The zero-order valence-corrected chi connectivity index (χ0v) is 11.7. The Morgan fingerprint density at radius 3 is 2.60 bits per heavy atom. The number of ether oxygens (including phenoxy) is 2. The topological polar surface area (TPSA) is 18.5 Å². The highest BCUT2D eigenvalue weighted by molar-refractivity contribution is 14.1. The predicted molar refractivity (Wildman–Crippen MR) is 75.2 cm³/mol. The average molecular weight is 336 g/mol. The van der Waals surface area contributed by atoms with E-state index in [1.807, 2.05) is 24.3 Å². The zero-order chi connectivity index (χ0) is 11.3. The summed E-state index contributed by atoms with van der Waals surface area (Å²) < 4.78 is 11.5. The summed E-state index contributed by atoms with van der Waals surface area (Å²) in [7, 11) is 3.28. The van der Waals surface area contributed by atoms with Crippen LogP contribution in [0.25, 0.3) is 6.08 Å². The average Bonchev–Trinajstić information content (AvgIpc) is 2.25. The lowest BCUT2D eigenvalue weighted by molar-refractivity contribution is 0.353. The molecule has 0 bridgehead atoms.